The first-order chi connectivity index (χ1) is 8.30. The Bertz CT molecular complexity index is 654. The molecule has 1 saturated heterocycles. The van der Waals surface area contributed by atoms with Crippen molar-refractivity contribution in [2.75, 3.05) is 17.2 Å². The quantitative estimate of drug-likeness (QED) is 0.747. The Hall–Kier alpha value is -1.19. The number of nitrogens with one attached hydrogen (secondary N) is 1. The van der Waals surface area contributed by atoms with Gasteiger partial charge in [0.25, 0.3) is 0 Å². The van der Waals surface area contributed by atoms with Crippen LogP contribution in [0.1, 0.15) is 6.42 Å². The number of rotatable bonds is 3. The summed E-state index contributed by atoms with van der Waals surface area (Å²) < 4.78 is 48.8. The second kappa shape index (κ2) is 4.48. The predicted molar refractivity (Wildman–Crippen MR) is 66.0 cm³/mol. The van der Waals surface area contributed by atoms with Gasteiger partial charge < -0.3 is 5.73 Å². The van der Waals surface area contributed by atoms with Crippen molar-refractivity contribution >= 4 is 25.7 Å². The van der Waals surface area contributed by atoms with Crippen LogP contribution in [0.3, 0.4) is 0 Å². The van der Waals surface area contributed by atoms with Crippen molar-refractivity contribution in [3.05, 3.63) is 18.3 Å². The number of sulfonamides is 1. The van der Waals surface area contributed by atoms with Crippen LogP contribution in [-0.2, 0) is 19.9 Å². The van der Waals surface area contributed by atoms with Gasteiger partial charge in [-0.1, -0.05) is 0 Å². The summed E-state index contributed by atoms with van der Waals surface area (Å²) in [4.78, 5) is 3.56. The van der Waals surface area contributed by atoms with Crippen molar-refractivity contribution in [1.82, 2.24) is 9.71 Å². The van der Waals surface area contributed by atoms with Crippen molar-refractivity contribution in [3.8, 4) is 0 Å². The highest BCUT2D eigenvalue weighted by Gasteiger charge is 2.32. The van der Waals surface area contributed by atoms with Gasteiger partial charge in [-0.05, 0) is 18.6 Å². The van der Waals surface area contributed by atoms with Crippen LogP contribution in [0.25, 0.3) is 0 Å². The number of aromatic nitrogens is 1. The molecule has 3 N–H and O–H groups in total. The van der Waals surface area contributed by atoms with Gasteiger partial charge in [0.1, 0.15) is 10.7 Å². The fourth-order valence-corrected chi connectivity index (χ4v) is 4.93. The summed E-state index contributed by atoms with van der Waals surface area (Å²) in [6, 6.07) is 2.18. The lowest BCUT2D eigenvalue weighted by molar-refractivity contribution is 0.562. The van der Waals surface area contributed by atoms with Crippen LogP contribution < -0.4 is 10.5 Å². The zero-order chi connectivity index (χ0) is 13.4. The molecule has 0 saturated carbocycles. The van der Waals surface area contributed by atoms with E-state index in [1.54, 1.807) is 0 Å². The number of hydrogen-bond acceptors (Lipinski definition) is 6. The van der Waals surface area contributed by atoms with E-state index in [9.17, 15) is 16.8 Å². The third-order valence-corrected chi connectivity index (χ3v) is 5.98. The molecule has 1 aromatic heterocycles. The normalized spacial score (nSPS) is 23.0. The van der Waals surface area contributed by atoms with Crippen molar-refractivity contribution in [3.63, 3.8) is 0 Å². The summed E-state index contributed by atoms with van der Waals surface area (Å²) in [6.07, 6.45) is 1.66. The minimum atomic E-state index is -3.83. The number of nitrogens with zero attached hydrogens (tertiary/aromatic N) is 1. The molecule has 0 aromatic carbocycles. The molecule has 1 unspecified atom stereocenters. The average Bonchev–Trinajstić information content (AvgIpc) is 2.57. The summed E-state index contributed by atoms with van der Waals surface area (Å²) in [5, 5.41) is 0. The summed E-state index contributed by atoms with van der Waals surface area (Å²) in [5.74, 6) is -0.277. The van der Waals surface area contributed by atoms with Crippen LogP contribution >= 0.6 is 0 Å². The second-order valence-electron chi connectivity index (χ2n) is 4.11. The lowest BCUT2D eigenvalue weighted by Gasteiger charge is -2.12. The highest BCUT2D eigenvalue weighted by molar-refractivity contribution is 7.92. The fraction of sp³-hybridized carbons (Fsp3) is 0.444. The van der Waals surface area contributed by atoms with Gasteiger partial charge in [0.15, 0.2) is 9.84 Å². The number of nitrogen functional groups attached to an aromatic ring is 1. The molecule has 9 heteroatoms. The molecular weight excluding hydrogens is 278 g/mol. The van der Waals surface area contributed by atoms with Gasteiger partial charge in [-0.15, -0.1) is 0 Å². The number of hydrogen-bond donors (Lipinski definition) is 2. The highest BCUT2D eigenvalue weighted by atomic mass is 32.2. The SMILES string of the molecule is Nc1ncccc1S(=O)(=O)NC1CCS(=O)(=O)C1. The molecule has 2 rings (SSSR count). The van der Waals surface area contributed by atoms with Gasteiger partial charge in [-0.3, -0.25) is 0 Å². The average molecular weight is 291 g/mol. The van der Waals surface area contributed by atoms with Crippen molar-refractivity contribution < 1.29 is 16.8 Å². The Balaban J connectivity index is 2.22. The molecule has 18 heavy (non-hydrogen) atoms. The molecule has 0 spiro atoms. The molecule has 1 aromatic rings. The first-order valence-electron chi connectivity index (χ1n) is 5.23. The van der Waals surface area contributed by atoms with Crippen molar-refractivity contribution in [2.24, 2.45) is 0 Å². The Morgan fingerprint density at radius 3 is 2.72 bits per heavy atom. The third-order valence-electron chi connectivity index (χ3n) is 2.64. The summed E-state index contributed by atoms with van der Waals surface area (Å²) >= 11 is 0. The molecule has 2 heterocycles. The maximum absolute atomic E-state index is 12.0. The zero-order valence-corrected chi connectivity index (χ0v) is 11.0. The van der Waals surface area contributed by atoms with Crippen LogP contribution in [0.5, 0.6) is 0 Å². The molecule has 0 bridgehead atoms. The van der Waals surface area contributed by atoms with Crippen LogP contribution in [0.2, 0.25) is 0 Å². The molecule has 1 fully saturated rings. The second-order valence-corrected chi connectivity index (χ2v) is 8.02. The van der Waals surface area contributed by atoms with Gasteiger partial charge >= 0.3 is 0 Å². The van der Waals surface area contributed by atoms with Crippen molar-refractivity contribution in [2.45, 2.75) is 17.4 Å². The maximum Gasteiger partial charge on any atom is 0.244 e. The molecule has 0 radical (unpaired) electrons. The van der Waals surface area contributed by atoms with Gasteiger partial charge in [-0.2, -0.15) is 0 Å². The van der Waals surface area contributed by atoms with Crippen LogP contribution in [0, 0.1) is 0 Å². The highest BCUT2D eigenvalue weighted by Crippen LogP contribution is 2.18. The summed E-state index contributed by atoms with van der Waals surface area (Å²) in [7, 11) is -6.96. The van der Waals surface area contributed by atoms with Crippen molar-refractivity contribution in [1.29, 1.82) is 0 Å². The van der Waals surface area contributed by atoms with E-state index in [2.05, 4.69) is 9.71 Å². The number of pyridine rings is 1. The largest absolute Gasteiger partial charge is 0.383 e. The van der Waals surface area contributed by atoms with E-state index >= 15 is 0 Å². The molecule has 1 atom stereocenters. The van der Waals surface area contributed by atoms with E-state index in [1.165, 1.54) is 18.3 Å². The zero-order valence-electron chi connectivity index (χ0n) is 9.40. The van der Waals surface area contributed by atoms with Gasteiger partial charge in [-0.25, -0.2) is 26.5 Å². The van der Waals surface area contributed by atoms with E-state index in [4.69, 9.17) is 5.73 Å². The summed E-state index contributed by atoms with van der Waals surface area (Å²) in [6.45, 7) is 0. The Kier molecular flexibility index (Phi) is 3.30. The lowest BCUT2D eigenvalue weighted by atomic mass is 10.3. The smallest absolute Gasteiger partial charge is 0.244 e. The first-order valence-corrected chi connectivity index (χ1v) is 8.54. The van der Waals surface area contributed by atoms with E-state index in [0.717, 1.165) is 0 Å². The number of nitrogens with two attached hydrogens (primary N) is 1. The standard InChI is InChI=1S/C9H13N3O4S2/c10-9-8(2-1-4-11-9)18(15,16)12-7-3-5-17(13,14)6-7/h1-2,4,7,12H,3,5-6H2,(H2,10,11). The fourth-order valence-electron chi connectivity index (χ4n) is 1.80. The first kappa shape index (κ1) is 13.2. The minimum absolute atomic E-state index is 0.00269. The minimum Gasteiger partial charge on any atom is -0.383 e. The molecule has 1 aliphatic heterocycles. The Morgan fingerprint density at radius 2 is 2.17 bits per heavy atom. The lowest BCUT2D eigenvalue weighted by Crippen LogP contribution is -2.36. The van der Waals surface area contributed by atoms with Crippen LogP contribution in [0.4, 0.5) is 5.82 Å². The molecular formula is C9H13N3O4S2. The van der Waals surface area contributed by atoms with E-state index in [1.807, 2.05) is 0 Å². The summed E-state index contributed by atoms with van der Waals surface area (Å²) in [5.41, 5.74) is 5.49. The topological polar surface area (TPSA) is 119 Å². The number of anilines is 1. The van der Waals surface area contributed by atoms with Crippen LogP contribution in [0.15, 0.2) is 23.2 Å². The van der Waals surface area contributed by atoms with Gasteiger partial charge in [0, 0.05) is 12.2 Å². The molecule has 1 aliphatic rings. The molecule has 7 nitrogen and oxygen atoms in total. The third kappa shape index (κ3) is 2.79. The van der Waals surface area contributed by atoms with Crippen LogP contribution in [-0.4, -0.2) is 39.4 Å². The Labute approximate surface area is 105 Å². The van der Waals surface area contributed by atoms with E-state index in [0.29, 0.717) is 0 Å². The van der Waals surface area contributed by atoms with E-state index in [-0.39, 0.29) is 28.6 Å². The Morgan fingerprint density at radius 1 is 1.44 bits per heavy atom. The number of sulfone groups is 1. The maximum atomic E-state index is 12.0. The molecule has 0 aliphatic carbocycles. The molecule has 0 amide bonds. The molecule has 100 valence electrons. The van der Waals surface area contributed by atoms with E-state index < -0.39 is 25.9 Å². The monoisotopic (exact) mass is 291 g/mol. The predicted octanol–water partition coefficient (Wildman–Crippen LogP) is -0.871. The van der Waals surface area contributed by atoms with Gasteiger partial charge in [0.05, 0.1) is 11.5 Å². The van der Waals surface area contributed by atoms with Gasteiger partial charge in [0.2, 0.25) is 10.0 Å².